The molecule has 0 radical (unpaired) electrons. The van der Waals surface area contributed by atoms with Gasteiger partial charge in [-0.3, -0.25) is 4.79 Å². The summed E-state index contributed by atoms with van der Waals surface area (Å²) in [6.45, 7) is 6.38. The minimum Gasteiger partial charge on any atom is -0.268 e. The Hall–Kier alpha value is -1.27. The van der Waals surface area contributed by atoms with E-state index in [-0.39, 0.29) is 17.5 Å². The van der Waals surface area contributed by atoms with Gasteiger partial charge in [0.05, 0.1) is 12.2 Å². The monoisotopic (exact) mass is 284 g/mol. The van der Waals surface area contributed by atoms with Crippen molar-refractivity contribution in [2.45, 2.75) is 32.7 Å². The maximum absolute atomic E-state index is 11.7. The van der Waals surface area contributed by atoms with Gasteiger partial charge in [-0.15, -0.1) is 5.10 Å². The Morgan fingerprint density at radius 1 is 1.39 bits per heavy atom. The Morgan fingerprint density at radius 3 is 2.67 bits per heavy atom. The lowest BCUT2D eigenvalue weighted by Crippen LogP contribution is -2.27. The lowest BCUT2D eigenvalue weighted by atomic mass is 9.92. The van der Waals surface area contributed by atoms with Crippen LogP contribution < -0.4 is 5.56 Å². The topological polar surface area (TPSA) is 60.7 Å². The molecule has 0 saturated carbocycles. The minimum atomic E-state index is -0.174. The number of nitrogens with zero attached hydrogens (tertiary/aromatic N) is 4. The van der Waals surface area contributed by atoms with Gasteiger partial charge in [0.1, 0.15) is 10.0 Å². The zero-order valence-electron chi connectivity index (χ0n) is 10.3. The maximum Gasteiger partial charge on any atom is 0.267 e. The van der Waals surface area contributed by atoms with Crippen LogP contribution in [0, 0.1) is 0 Å². The predicted octanol–water partition coefficient (Wildman–Crippen LogP) is 2.09. The fourth-order valence-electron chi connectivity index (χ4n) is 1.40. The molecule has 2 aromatic heterocycles. The van der Waals surface area contributed by atoms with Crippen molar-refractivity contribution in [2.75, 3.05) is 0 Å². The third kappa shape index (κ3) is 2.76. The minimum absolute atomic E-state index is 0.112. The van der Waals surface area contributed by atoms with Gasteiger partial charge in [0.25, 0.3) is 5.56 Å². The highest BCUT2D eigenvalue weighted by Crippen LogP contribution is 2.20. The highest BCUT2D eigenvalue weighted by molar-refractivity contribution is 7.10. The van der Waals surface area contributed by atoms with Crippen LogP contribution in [0.1, 0.15) is 32.2 Å². The zero-order chi connectivity index (χ0) is 13.3. The van der Waals surface area contributed by atoms with Gasteiger partial charge in [-0.25, -0.2) is 4.68 Å². The summed E-state index contributed by atoms with van der Waals surface area (Å²) >= 11 is 7.02. The molecule has 18 heavy (non-hydrogen) atoms. The second-order valence-electron chi connectivity index (χ2n) is 4.96. The Bertz CT molecular complexity index is 614. The van der Waals surface area contributed by atoms with Crippen molar-refractivity contribution in [1.82, 2.24) is 19.4 Å². The highest BCUT2D eigenvalue weighted by atomic mass is 35.5. The molecule has 0 aliphatic heterocycles. The molecule has 0 aliphatic carbocycles. The van der Waals surface area contributed by atoms with Gasteiger partial charge >= 0.3 is 0 Å². The van der Waals surface area contributed by atoms with E-state index in [9.17, 15) is 4.79 Å². The standard InChI is InChI=1S/C11H13ClN4OS/c1-11(2,3)8-4-5-9(17)16(14-8)6-7-10(12)18-15-13-7/h4-5H,6H2,1-3H3. The molecule has 2 heterocycles. The number of rotatable bonds is 2. The normalized spacial score (nSPS) is 11.8. The molecule has 0 bridgehead atoms. The number of halogens is 1. The van der Waals surface area contributed by atoms with E-state index < -0.39 is 0 Å². The molecule has 96 valence electrons. The Balaban J connectivity index is 2.39. The molecule has 0 fully saturated rings. The van der Waals surface area contributed by atoms with E-state index in [0.717, 1.165) is 17.2 Å². The summed E-state index contributed by atoms with van der Waals surface area (Å²) in [4.78, 5) is 11.7. The molecule has 0 saturated heterocycles. The highest BCUT2D eigenvalue weighted by Gasteiger charge is 2.17. The predicted molar refractivity (Wildman–Crippen MR) is 71.2 cm³/mol. The van der Waals surface area contributed by atoms with Crippen LogP contribution >= 0.6 is 23.1 Å². The van der Waals surface area contributed by atoms with E-state index in [2.05, 4.69) is 14.7 Å². The van der Waals surface area contributed by atoms with Gasteiger partial charge in [0, 0.05) is 23.0 Å². The molecular weight excluding hydrogens is 272 g/mol. The Labute approximate surface area is 114 Å². The molecule has 5 nitrogen and oxygen atoms in total. The van der Waals surface area contributed by atoms with Crippen molar-refractivity contribution in [3.8, 4) is 0 Å². The van der Waals surface area contributed by atoms with Crippen molar-refractivity contribution in [1.29, 1.82) is 0 Å². The van der Waals surface area contributed by atoms with Crippen LogP contribution in [0.4, 0.5) is 0 Å². The van der Waals surface area contributed by atoms with Crippen molar-refractivity contribution < 1.29 is 0 Å². The van der Waals surface area contributed by atoms with E-state index in [1.807, 2.05) is 20.8 Å². The lowest BCUT2D eigenvalue weighted by Gasteiger charge is -2.18. The van der Waals surface area contributed by atoms with Crippen LogP contribution in [0.15, 0.2) is 16.9 Å². The van der Waals surface area contributed by atoms with Gasteiger partial charge < -0.3 is 0 Å². The van der Waals surface area contributed by atoms with Crippen LogP contribution in [0.2, 0.25) is 4.34 Å². The maximum atomic E-state index is 11.7. The third-order valence-corrected chi connectivity index (χ3v) is 3.43. The summed E-state index contributed by atoms with van der Waals surface area (Å²) < 4.78 is 5.59. The summed E-state index contributed by atoms with van der Waals surface area (Å²) in [6.07, 6.45) is 0. The Morgan fingerprint density at radius 2 is 2.11 bits per heavy atom. The summed E-state index contributed by atoms with van der Waals surface area (Å²) in [5.74, 6) is 0. The van der Waals surface area contributed by atoms with Crippen molar-refractivity contribution in [3.05, 3.63) is 38.2 Å². The smallest absolute Gasteiger partial charge is 0.267 e. The first kappa shape index (κ1) is 13.2. The summed E-state index contributed by atoms with van der Waals surface area (Å²) in [5.41, 5.74) is 1.13. The second-order valence-corrected chi connectivity index (χ2v) is 6.31. The van der Waals surface area contributed by atoms with E-state index in [4.69, 9.17) is 11.6 Å². The average Bonchev–Trinajstić information content (AvgIpc) is 2.66. The van der Waals surface area contributed by atoms with Crippen LogP contribution in [-0.4, -0.2) is 19.4 Å². The first-order chi connectivity index (χ1) is 8.38. The first-order valence-corrected chi connectivity index (χ1v) is 6.58. The summed E-state index contributed by atoms with van der Waals surface area (Å²) in [6, 6.07) is 3.26. The molecule has 2 rings (SSSR count). The summed E-state index contributed by atoms with van der Waals surface area (Å²) in [7, 11) is 0. The molecule has 0 atom stereocenters. The van der Waals surface area contributed by atoms with Crippen LogP contribution in [0.25, 0.3) is 0 Å². The number of hydrogen-bond acceptors (Lipinski definition) is 5. The van der Waals surface area contributed by atoms with Gasteiger partial charge in [-0.05, 0) is 6.07 Å². The van der Waals surface area contributed by atoms with E-state index in [0.29, 0.717) is 10.0 Å². The zero-order valence-corrected chi connectivity index (χ0v) is 11.9. The van der Waals surface area contributed by atoms with E-state index in [1.165, 1.54) is 10.7 Å². The number of hydrogen-bond donors (Lipinski definition) is 0. The van der Waals surface area contributed by atoms with Gasteiger partial charge in [-0.2, -0.15) is 5.10 Å². The molecule has 2 aromatic rings. The molecule has 0 N–H and O–H groups in total. The quantitative estimate of drug-likeness (QED) is 0.847. The second kappa shape index (κ2) is 4.78. The van der Waals surface area contributed by atoms with Gasteiger partial charge in [0.15, 0.2) is 0 Å². The fourth-order valence-corrected chi connectivity index (χ4v) is 2.01. The van der Waals surface area contributed by atoms with Crippen molar-refractivity contribution in [2.24, 2.45) is 0 Å². The molecule has 0 aromatic carbocycles. The lowest BCUT2D eigenvalue weighted by molar-refractivity contribution is 0.515. The Kier molecular flexibility index (Phi) is 3.49. The van der Waals surface area contributed by atoms with Crippen molar-refractivity contribution in [3.63, 3.8) is 0 Å². The molecule has 7 heteroatoms. The van der Waals surface area contributed by atoms with Gasteiger partial charge in [0.2, 0.25) is 0 Å². The molecule has 0 amide bonds. The summed E-state index contributed by atoms with van der Waals surface area (Å²) in [5, 5.41) is 8.22. The number of aromatic nitrogens is 4. The fraction of sp³-hybridized carbons (Fsp3) is 0.455. The van der Waals surface area contributed by atoms with Gasteiger partial charge in [-0.1, -0.05) is 36.9 Å². The first-order valence-electron chi connectivity index (χ1n) is 5.43. The molecule has 0 spiro atoms. The van der Waals surface area contributed by atoms with E-state index >= 15 is 0 Å². The largest absolute Gasteiger partial charge is 0.268 e. The van der Waals surface area contributed by atoms with Crippen LogP contribution in [0.3, 0.4) is 0 Å². The van der Waals surface area contributed by atoms with Crippen LogP contribution in [-0.2, 0) is 12.0 Å². The third-order valence-electron chi connectivity index (χ3n) is 2.44. The van der Waals surface area contributed by atoms with E-state index in [1.54, 1.807) is 6.07 Å². The average molecular weight is 285 g/mol. The molecular formula is C11H13ClN4OS. The molecule has 0 aliphatic rings. The van der Waals surface area contributed by atoms with Crippen LogP contribution in [0.5, 0.6) is 0 Å². The van der Waals surface area contributed by atoms with Crippen molar-refractivity contribution >= 4 is 23.1 Å². The SMILES string of the molecule is CC(C)(C)c1ccc(=O)n(Cc2nnsc2Cl)n1. The molecule has 0 unspecified atom stereocenters.